The highest BCUT2D eigenvalue weighted by Gasteiger charge is 2.33. The largest absolute Gasteiger partial charge is 0.512 e. The molecule has 3 nitrogen and oxygen atoms in total. The van der Waals surface area contributed by atoms with Gasteiger partial charge in [-0.05, 0) is 87.4 Å². The SMILES string of the molecule is CC=N/C(=C\C=C(/C)CC1=C(O)CCC1O)C(=C(C)C)c1cc2c(cc1C)C(C)(C)C=CC2(C)C. The minimum absolute atomic E-state index is 0.00438. The van der Waals surface area contributed by atoms with E-state index in [9.17, 15) is 10.2 Å². The summed E-state index contributed by atoms with van der Waals surface area (Å²) < 4.78 is 0. The smallest absolute Gasteiger partial charge is 0.0944 e. The molecule has 0 heterocycles. The van der Waals surface area contributed by atoms with Crippen LogP contribution in [0.5, 0.6) is 0 Å². The van der Waals surface area contributed by atoms with Gasteiger partial charge in [0, 0.05) is 29.0 Å². The van der Waals surface area contributed by atoms with Crippen molar-refractivity contribution in [3.8, 4) is 0 Å². The fourth-order valence-electron chi connectivity index (χ4n) is 5.23. The summed E-state index contributed by atoms with van der Waals surface area (Å²) >= 11 is 0. The zero-order valence-corrected chi connectivity index (χ0v) is 23.1. The van der Waals surface area contributed by atoms with Crippen LogP contribution in [-0.4, -0.2) is 22.5 Å². The zero-order chi connectivity index (χ0) is 26.1. The van der Waals surface area contributed by atoms with Gasteiger partial charge in [-0.2, -0.15) is 0 Å². The highest BCUT2D eigenvalue weighted by molar-refractivity contribution is 5.85. The molecule has 0 bridgehead atoms. The number of aliphatic imine (C=N–C) groups is 1. The highest BCUT2D eigenvalue weighted by atomic mass is 16.3. The molecule has 0 saturated carbocycles. The Hall–Kier alpha value is -2.65. The molecule has 0 saturated heterocycles. The van der Waals surface area contributed by atoms with E-state index in [1.807, 2.05) is 20.1 Å². The van der Waals surface area contributed by atoms with Crippen molar-refractivity contribution < 1.29 is 10.2 Å². The van der Waals surface area contributed by atoms with Crippen molar-refractivity contribution in [3.05, 3.63) is 86.9 Å². The summed E-state index contributed by atoms with van der Waals surface area (Å²) in [5, 5.41) is 20.3. The van der Waals surface area contributed by atoms with Crippen molar-refractivity contribution in [2.75, 3.05) is 0 Å². The predicted molar refractivity (Wildman–Crippen MR) is 150 cm³/mol. The molecule has 0 amide bonds. The van der Waals surface area contributed by atoms with Gasteiger partial charge in [0.25, 0.3) is 0 Å². The van der Waals surface area contributed by atoms with Crippen LogP contribution in [0.15, 0.2) is 69.6 Å². The summed E-state index contributed by atoms with van der Waals surface area (Å²) in [6.07, 6.45) is 11.9. The molecule has 1 aromatic rings. The van der Waals surface area contributed by atoms with Crippen molar-refractivity contribution in [1.82, 2.24) is 0 Å². The molecule has 1 unspecified atom stereocenters. The second-order valence-corrected chi connectivity index (χ2v) is 11.5. The van der Waals surface area contributed by atoms with E-state index in [2.05, 4.69) is 84.9 Å². The Morgan fingerprint density at radius 2 is 1.63 bits per heavy atom. The molecule has 2 N–H and O–H groups in total. The Labute approximate surface area is 212 Å². The van der Waals surface area contributed by atoms with Gasteiger partial charge in [0.05, 0.1) is 17.6 Å². The minimum atomic E-state index is -0.538. The second kappa shape index (κ2) is 10.1. The summed E-state index contributed by atoms with van der Waals surface area (Å²) in [5.41, 5.74) is 10.3. The molecule has 3 rings (SSSR count). The lowest BCUT2D eigenvalue weighted by Crippen LogP contribution is -2.29. The Balaban J connectivity index is 2.10. The summed E-state index contributed by atoms with van der Waals surface area (Å²) in [4.78, 5) is 4.78. The summed E-state index contributed by atoms with van der Waals surface area (Å²) in [6.45, 7) is 19.6. The lowest BCUT2D eigenvalue weighted by atomic mass is 9.67. The second-order valence-electron chi connectivity index (χ2n) is 11.5. The molecule has 0 spiro atoms. The number of nitrogens with zero attached hydrogens (tertiary/aromatic N) is 1. The van der Waals surface area contributed by atoms with E-state index in [1.165, 1.54) is 27.8 Å². The number of rotatable bonds is 6. The average molecular weight is 474 g/mol. The van der Waals surface area contributed by atoms with Gasteiger partial charge in [0.15, 0.2) is 0 Å². The topological polar surface area (TPSA) is 52.8 Å². The van der Waals surface area contributed by atoms with Gasteiger partial charge >= 0.3 is 0 Å². The first-order valence-corrected chi connectivity index (χ1v) is 12.8. The molecule has 2 aliphatic carbocycles. The van der Waals surface area contributed by atoms with Crippen molar-refractivity contribution >= 4 is 11.8 Å². The standard InChI is InChI=1S/C32H43NO2/c1-10-33-27(12-11-21(4)17-24-28(34)13-14-29(24)35)30(20(2)3)23-19-26-25(18-22(23)5)31(6,7)15-16-32(26,8)9/h10-12,15-16,18-19,28,34-35H,13-14,17H2,1-9H3/b21-11+,27-12-,33-10?. The van der Waals surface area contributed by atoms with Gasteiger partial charge in [0.2, 0.25) is 0 Å². The van der Waals surface area contributed by atoms with E-state index in [1.54, 1.807) is 0 Å². The van der Waals surface area contributed by atoms with E-state index < -0.39 is 6.10 Å². The fourth-order valence-corrected chi connectivity index (χ4v) is 5.23. The van der Waals surface area contributed by atoms with Crippen LogP contribution in [0.1, 0.15) is 96.9 Å². The fraction of sp³-hybridized carbons (Fsp3) is 0.469. The maximum Gasteiger partial charge on any atom is 0.0944 e. The Morgan fingerprint density at radius 1 is 1.03 bits per heavy atom. The number of aliphatic hydroxyl groups is 2. The summed E-state index contributed by atoms with van der Waals surface area (Å²) in [7, 11) is 0. The molecule has 1 atom stereocenters. The van der Waals surface area contributed by atoms with Crippen LogP contribution in [0.4, 0.5) is 0 Å². The first kappa shape index (κ1) is 26.9. The van der Waals surface area contributed by atoms with E-state index in [0.29, 0.717) is 25.0 Å². The normalized spacial score (nSPS) is 21.6. The lowest BCUT2D eigenvalue weighted by molar-refractivity contribution is 0.209. The third kappa shape index (κ3) is 5.62. The van der Waals surface area contributed by atoms with Crippen LogP contribution in [0.25, 0.3) is 5.57 Å². The van der Waals surface area contributed by atoms with Gasteiger partial charge in [-0.1, -0.05) is 63.1 Å². The Bertz CT molecular complexity index is 1180. The highest BCUT2D eigenvalue weighted by Crippen LogP contribution is 2.44. The third-order valence-electron chi connectivity index (χ3n) is 7.39. The third-order valence-corrected chi connectivity index (χ3v) is 7.39. The van der Waals surface area contributed by atoms with Gasteiger partial charge in [0.1, 0.15) is 0 Å². The maximum absolute atomic E-state index is 10.2. The van der Waals surface area contributed by atoms with Crippen LogP contribution in [-0.2, 0) is 10.8 Å². The molecule has 0 radical (unpaired) electrons. The summed E-state index contributed by atoms with van der Waals surface area (Å²) in [5.74, 6) is 0.343. The first-order valence-electron chi connectivity index (χ1n) is 12.8. The van der Waals surface area contributed by atoms with Crippen LogP contribution >= 0.6 is 0 Å². The number of allylic oxidation sites excluding steroid dienone is 8. The molecule has 3 heteroatoms. The zero-order valence-electron chi connectivity index (χ0n) is 23.1. The quantitative estimate of drug-likeness (QED) is 0.248. The van der Waals surface area contributed by atoms with Crippen molar-refractivity contribution in [2.24, 2.45) is 4.99 Å². The van der Waals surface area contributed by atoms with Gasteiger partial charge in [-0.25, -0.2) is 0 Å². The van der Waals surface area contributed by atoms with E-state index in [0.717, 1.165) is 22.4 Å². The molecule has 188 valence electrons. The minimum Gasteiger partial charge on any atom is -0.512 e. The van der Waals surface area contributed by atoms with Gasteiger partial charge in [-0.3, -0.25) is 4.99 Å². The molecular weight excluding hydrogens is 430 g/mol. The van der Waals surface area contributed by atoms with Crippen LogP contribution in [0.2, 0.25) is 0 Å². The van der Waals surface area contributed by atoms with Gasteiger partial charge < -0.3 is 10.2 Å². The van der Waals surface area contributed by atoms with Gasteiger partial charge in [-0.15, -0.1) is 0 Å². The number of aliphatic hydroxyl groups excluding tert-OH is 2. The van der Waals surface area contributed by atoms with Crippen molar-refractivity contribution in [2.45, 2.75) is 98.5 Å². The number of aryl methyl sites for hydroxylation is 1. The molecule has 0 aliphatic heterocycles. The average Bonchev–Trinajstić information content (AvgIpc) is 3.08. The van der Waals surface area contributed by atoms with Crippen molar-refractivity contribution in [1.29, 1.82) is 0 Å². The van der Waals surface area contributed by atoms with Crippen LogP contribution in [0, 0.1) is 6.92 Å². The maximum atomic E-state index is 10.2. The number of hydrogen-bond donors (Lipinski definition) is 2. The number of benzene rings is 1. The number of fused-ring (bicyclic) bond motifs is 1. The van der Waals surface area contributed by atoms with Crippen molar-refractivity contribution in [3.63, 3.8) is 0 Å². The van der Waals surface area contributed by atoms with E-state index in [4.69, 9.17) is 4.99 Å². The first-order chi connectivity index (χ1) is 16.3. The molecule has 0 fully saturated rings. The monoisotopic (exact) mass is 473 g/mol. The Morgan fingerprint density at radius 3 is 2.14 bits per heavy atom. The van der Waals surface area contributed by atoms with Crippen LogP contribution < -0.4 is 0 Å². The predicted octanol–water partition coefficient (Wildman–Crippen LogP) is 8.19. The lowest BCUT2D eigenvalue weighted by Gasteiger charge is -2.37. The number of hydrogen-bond acceptors (Lipinski definition) is 3. The molecule has 1 aromatic carbocycles. The molecule has 2 aliphatic rings. The Kier molecular flexibility index (Phi) is 7.81. The summed E-state index contributed by atoms with van der Waals surface area (Å²) in [6, 6.07) is 4.75. The molecule has 35 heavy (non-hydrogen) atoms. The van der Waals surface area contributed by atoms with Crippen LogP contribution in [0.3, 0.4) is 0 Å². The van der Waals surface area contributed by atoms with E-state index in [-0.39, 0.29) is 10.8 Å². The van der Waals surface area contributed by atoms with E-state index >= 15 is 0 Å². The molecule has 0 aromatic heterocycles. The molecular formula is C32H43NO2.